The van der Waals surface area contributed by atoms with Crippen molar-refractivity contribution in [2.24, 2.45) is 0 Å². The third-order valence-corrected chi connectivity index (χ3v) is 10.1. The van der Waals surface area contributed by atoms with Gasteiger partial charge in [0.2, 0.25) is 5.95 Å². The third-order valence-electron chi connectivity index (χ3n) is 7.74. The molecule has 2 aliphatic heterocycles. The Bertz CT molecular complexity index is 1750. The lowest BCUT2D eigenvalue weighted by atomic mass is 9.91. The number of nitrogens with zero attached hydrogens (tertiary/aromatic N) is 6. The zero-order chi connectivity index (χ0) is 29.8. The molecular formula is C28H26Cl2N6O5S. The molecule has 0 unspecified atom stereocenters. The largest absolute Gasteiger partial charge is 0.367 e. The Morgan fingerprint density at radius 1 is 1.02 bits per heavy atom. The number of fused-ring (bicyclic) bond motifs is 1. The molecule has 6 rings (SSSR count). The molecule has 0 bridgehead atoms. The molecule has 2 aromatic heterocycles. The topological polar surface area (TPSA) is 142 Å². The van der Waals surface area contributed by atoms with E-state index in [1.54, 1.807) is 31.5 Å². The van der Waals surface area contributed by atoms with Crippen molar-refractivity contribution >= 4 is 50.8 Å². The van der Waals surface area contributed by atoms with Gasteiger partial charge in [-0.05, 0) is 49.1 Å². The van der Waals surface area contributed by atoms with Gasteiger partial charge in [-0.3, -0.25) is 9.36 Å². The highest BCUT2D eigenvalue weighted by Crippen LogP contribution is 2.45. The van der Waals surface area contributed by atoms with E-state index in [4.69, 9.17) is 23.2 Å². The summed E-state index contributed by atoms with van der Waals surface area (Å²) in [7, 11) is -4.30. The first kappa shape index (κ1) is 28.7. The minimum atomic E-state index is -4.30. The number of aliphatic hydroxyl groups is 2. The van der Waals surface area contributed by atoms with Crippen molar-refractivity contribution < 1.29 is 23.4 Å². The zero-order valence-electron chi connectivity index (χ0n) is 22.3. The van der Waals surface area contributed by atoms with E-state index in [2.05, 4.69) is 15.0 Å². The second-order valence-electron chi connectivity index (χ2n) is 10.5. The fourth-order valence-corrected chi connectivity index (χ4v) is 8.15. The number of carbonyl (C=O) groups excluding carboxylic acids is 1. The van der Waals surface area contributed by atoms with E-state index < -0.39 is 33.8 Å². The van der Waals surface area contributed by atoms with E-state index in [0.717, 1.165) is 21.0 Å². The van der Waals surface area contributed by atoms with Crippen LogP contribution in [0, 0.1) is 0 Å². The van der Waals surface area contributed by atoms with Gasteiger partial charge in [0, 0.05) is 41.0 Å². The molecule has 2 N–H and O–H groups in total. The van der Waals surface area contributed by atoms with Crippen LogP contribution < -0.4 is 4.90 Å². The Hall–Kier alpha value is -3.39. The Morgan fingerprint density at radius 3 is 2.33 bits per heavy atom. The molecule has 4 aromatic rings. The van der Waals surface area contributed by atoms with Crippen LogP contribution in [0.25, 0.3) is 11.1 Å². The van der Waals surface area contributed by atoms with Gasteiger partial charge < -0.3 is 10.2 Å². The quantitative estimate of drug-likeness (QED) is 0.295. The summed E-state index contributed by atoms with van der Waals surface area (Å²) in [6.45, 7) is 1.76. The van der Waals surface area contributed by atoms with Crippen molar-refractivity contribution in [3.63, 3.8) is 0 Å². The van der Waals surface area contributed by atoms with Crippen LogP contribution in [0.4, 0.5) is 11.6 Å². The molecule has 0 saturated carbocycles. The number of sulfonamides is 1. The number of carbonyl (C=O) groups is 1. The Morgan fingerprint density at radius 2 is 1.69 bits per heavy atom. The Kier molecular flexibility index (Phi) is 7.32. The first-order valence-corrected chi connectivity index (χ1v) is 15.3. The highest BCUT2D eigenvalue weighted by molar-refractivity contribution is 7.89. The van der Waals surface area contributed by atoms with E-state index in [9.17, 15) is 23.4 Å². The average molecular weight is 630 g/mol. The van der Waals surface area contributed by atoms with Crippen molar-refractivity contribution in [1.82, 2.24) is 23.8 Å². The van der Waals surface area contributed by atoms with Gasteiger partial charge in [0.05, 0.1) is 17.9 Å². The number of rotatable bonds is 7. The monoisotopic (exact) mass is 628 g/mol. The molecule has 42 heavy (non-hydrogen) atoms. The number of anilines is 2. The number of amides is 1. The SMILES string of the molecule is C[C@@]1(Cc2ccc(-c3cncnc3)cc2)C(=O)N(c2cc(Cl)cc(Cl)c2)c2ncc(S(=O)(=O)N3CCC[C@H]3C(O)O)n21. The normalized spacial score (nSPS) is 21.0. The summed E-state index contributed by atoms with van der Waals surface area (Å²) in [5.41, 5.74) is 1.37. The predicted octanol–water partition coefficient (Wildman–Crippen LogP) is 3.75. The van der Waals surface area contributed by atoms with Gasteiger partial charge in [0.1, 0.15) is 11.9 Å². The summed E-state index contributed by atoms with van der Waals surface area (Å²) in [4.78, 5) is 28.1. The molecule has 14 heteroatoms. The Labute approximate surface area is 252 Å². The molecule has 2 aliphatic rings. The summed E-state index contributed by atoms with van der Waals surface area (Å²) in [6.07, 6.45) is 5.07. The van der Waals surface area contributed by atoms with Gasteiger partial charge in [-0.15, -0.1) is 0 Å². The lowest BCUT2D eigenvalue weighted by Crippen LogP contribution is -2.45. The summed E-state index contributed by atoms with van der Waals surface area (Å²) in [6, 6.07) is 11.1. The molecule has 1 amide bonds. The first-order valence-electron chi connectivity index (χ1n) is 13.1. The van der Waals surface area contributed by atoms with Gasteiger partial charge in [0.15, 0.2) is 11.3 Å². The molecular weight excluding hydrogens is 603 g/mol. The van der Waals surface area contributed by atoms with Crippen molar-refractivity contribution in [3.8, 4) is 11.1 Å². The van der Waals surface area contributed by atoms with Crippen molar-refractivity contribution in [1.29, 1.82) is 0 Å². The summed E-state index contributed by atoms with van der Waals surface area (Å²) in [5.74, 6) is -0.348. The Balaban J connectivity index is 1.47. The molecule has 11 nitrogen and oxygen atoms in total. The number of halogens is 2. The lowest BCUT2D eigenvalue weighted by molar-refractivity contribution is -0.124. The summed E-state index contributed by atoms with van der Waals surface area (Å²) >= 11 is 12.5. The molecule has 4 heterocycles. The molecule has 2 atom stereocenters. The van der Waals surface area contributed by atoms with Crippen molar-refractivity contribution in [2.45, 2.75) is 49.1 Å². The van der Waals surface area contributed by atoms with E-state index >= 15 is 0 Å². The highest BCUT2D eigenvalue weighted by atomic mass is 35.5. The van der Waals surface area contributed by atoms with Gasteiger partial charge in [-0.1, -0.05) is 47.5 Å². The summed E-state index contributed by atoms with van der Waals surface area (Å²) < 4.78 is 30.5. The van der Waals surface area contributed by atoms with E-state index in [1.807, 2.05) is 24.3 Å². The molecule has 0 aliphatic carbocycles. The van der Waals surface area contributed by atoms with Crippen LogP contribution in [0.3, 0.4) is 0 Å². The maximum Gasteiger partial charge on any atom is 0.260 e. The predicted molar refractivity (Wildman–Crippen MR) is 156 cm³/mol. The van der Waals surface area contributed by atoms with Crippen LogP contribution >= 0.6 is 23.2 Å². The summed E-state index contributed by atoms with van der Waals surface area (Å²) in [5, 5.41) is 20.2. The van der Waals surface area contributed by atoms with Gasteiger partial charge in [-0.25, -0.2) is 28.3 Å². The average Bonchev–Trinajstić information content (AvgIpc) is 3.67. The number of benzene rings is 2. The smallest absolute Gasteiger partial charge is 0.260 e. The van der Waals surface area contributed by atoms with Crippen molar-refractivity contribution in [2.75, 3.05) is 11.4 Å². The number of aliphatic hydroxyl groups excluding tert-OH is 1. The van der Waals surface area contributed by atoms with Gasteiger partial charge in [0.25, 0.3) is 15.9 Å². The van der Waals surface area contributed by atoms with Crippen LogP contribution in [0.2, 0.25) is 10.0 Å². The molecule has 1 saturated heterocycles. The van der Waals surface area contributed by atoms with Gasteiger partial charge in [-0.2, -0.15) is 4.31 Å². The fourth-order valence-electron chi connectivity index (χ4n) is 5.76. The lowest BCUT2D eigenvalue weighted by Gasteiger charge is -2.29. The number of hydrogen-bond acceptors (Lipinski definition) is 8. The molecule has 1 fully saturated rings. The van der Waals surface area contributed by atoms with Crippen LogP contribution in [-0.4, -0.2) is 67.2 Å². The van der Waals surface area contributed by atoms with E-state index in [1.165, 1.54) is 28.1 Å². The zero-order valence-corrected chi connectivity index (χ0v) is 24.6. The second kappa shape index (κ2) is 10.7. The maximum atomic E-state index is 14.3. The minimum Gasteiger partial charge on any atom is -0.367 e. The first-order chi connectivity index (χ1) is 20.0. The van der Waals surface area contributed by atoms with E-state index in [0.29, 0.717) is 28.6 Å². The van der Waals surface area contributed by atoms with Crippen LogP contribution in [-0.2, 0) is 26.8 Å². The van der Waals surface area contributed by atoms with Crippen LogP contribution in [0.1, 0.15) is 25.3 Å². The molecule has 0 spiro atoms. The fraction of sp³-hybridized carbons (Fsp3) is 0.286. The van der Waals surface area contributed by atoms with Crippen LogP contribution in [0.5, 0.6) is 0 Å². The number of aromatic nitrogens is 4. The van der Waals surface area contributed by atoms with Crippen LogP contribution in [0.15, 0.2) is 72.4 Å². The second-order valence-corrected chi connectivity index (χ2v) is 13.2. The maximum absolute atomic E-state index is 14.3. The standard InChI is InChI=1S/C28H26Cl2N6O5S/c1-28(12-17-4-6-18(7-5-17)19-13-31-16-32-14-19)26(39)35(22-10-20(29)9-21(30)11-22)27-33-15-24(36(27)28)42(40,41)34-8-2-3-23(34)25(37)38/h4-7,9-11,13-16,23,25,37-38H,2-3,8,12H2,1H3/t23-,28+/m0/s1. The molecule has 0 radical (unpaired) electrons. The number of hydrogen-bond donors (Lipinski definition) is 2. The minimum absolute atomic E-state index is 0.0813. The molecule has 2 aromatic carbocycles. The number of imidazole rings is 1. The van der Waals surface area contributed by atoms with E-state index in [-0.39, 0.29) is 23.9 Å². The van der Waals surface area contributed by atoms with Gasteiger partial charge >= 0.3 is 0 Å². The molecule has 218 valence electrons. The highest BCUT2D eigenvalue weighted by Gasteiger charge is 2.53. The van der Waals surface area contributed by atoms with Crippen molar-refractivity contribution in [3.05, 3.63) is 83.0 Å². The third kappa shape index (κ3) is 4.77.